The van der Waals surface area contributed by atoms with Gasteiger partial charge in [0.25, 0.3) is 0 Å². The molecular weight excluding hydrogens is 284 g/mol. The Labute approximate surface area is 110 Å². The molecule has 0 amide bonds. The Bertz CT molecular complexity index is 475. The van der Waals surface area contributed by atoms with E-state index < -0.39 is 6.10 Å². The third kappa shape index (κ3) is 3.16. The Morgan fingerprint density at radius 2 is 1.94 bits per heavy atom. The normalized spacial score (nSPS) is 13.8. The lowest BCUT2D eigenvalue weighted by Gasteiger charge is -2.27. The van der Waals surface area contributed by atoms with Crippen molar-refractivity contribution in [3.63, 3.8) is 0 Å². The van der Waals surface area contributed by atoms with Crippen LogP contribution in [0.3, 0.4) is 0 Å². The lowest BCUT2D eigenvalue weighted by atomic mass is 9.89. The van der Waals surface area contributed by atoms with E-state index in [0.29, 0.717) is 5.69 Å². The summed E-state index contributed by atoms with van der Waals surface area (Å²) < 4.78 is 2.32. The SMILES string of the molecule is Cc1nc(=O)n(CC(O)C(C)(C)C)c(C)c1Br. The second-order valence-electron chi connectivity index (χ2n) is 5.37. The van der Waals surface area contributed by atoms with Gasteiger partial charge in [0.15, 0.2) is 0 Å². The number of aliphatic hydroxyl groups is 1. The molecule has 5 heteroatoms. The first-order valence-corrected chi connectivity index (χ1v) is 6.35. The Balaban J connectivity index is 3.17. The summed E-state index contributed by atoms with van der Waals surface area (Å²) in [6.07, 6.45) is -0.588. The van der Waals surface area contributed by atoms with Crippen LogP contribution >= 0.6 is 15.9 Å². The van der Waals surface area contributed by atoms with Gasteiger partial charge in [0.1, 0.15) is 0 Å². The highest BCUT2D eigenvalue weighted by molar-refractivity contribution is 9.10. The maximum atomic E-state index is 11.8. The van der Waals surface area contributed by atoms with E-state index in [0.717, 1.165) is 10.2 Å². The van der Waals surface area contributed by atoms with E-state index in [-0.39, 0.29) is 17.6 Å². The van der Waals surface area contributed by atoms with Crippen molar-refractivity contribution < 1.29 is 5.11 Å². The first-order valence-electron chi connectivity index (χ1n) is 5.56. The van der Waals surface area contributed by atoms with E-state index in [1.165, 1.54) is 4.57 Å². The summed E-state index contributed by atoms with van der Waals surface area (Å²) in [7, 11) is 0. The van der Waals surface area contributed by atoms with Gasteiger partial charge in [-0.1, -0.05) is 20.8 Å². The molecular formula is C12H19BrN2O2. The number of nitrogens with zero attached hydrogens (tertiary/aromatic N) is 2. The van der Waals surface area contributed by atoms with Crippen LogP contribution in [0, 0.1) is 19.3 Å². The second-order valence-corrected chi connectivity index (χ2v) is 6.16. The molecule has 1 aromatic heterocycles. The predicted molar refractivity (Wildman–Crippen MR) is 71.1 cm³/mol. The monoisotopic (exact) mass is 302 g/mol. The third-order valence-corrected chi connectivity index (χ3v) is 4.04. The van der Waals surface area contributed by atoms with Crippen molar-refractivity contribution in [2.45, 2.75) is 47.3 Å². The van der Waals surface area contributed by atoms with E-state index in [1.807, 2.05) is 27.7 Å². The molecule has 1 unspecified atom stereocenters. The van der Waals surface area contributed by atoms with Crippen LogP contribution < -0.4 is 5.69 Å². The van der Waals surface area contributed by atoms with Crippen LogP contribution in [0.5, 0.6) is 0 Å². The van der Waals surface area contributed by atoms with Gasteiger partial charge < -0.3 is 5.11 Å². The van der Waals surface area contributed by atoms with Gasteiger partial charge >= 0.3 is 5.69 Å². The molecule has 0 fully saturated rings. The van der Waals surface area contributed by atoms with E-state index in [2.05, 4.69) is 20.9 Å². The van der Waals surface area contributed by atoms with Gasteiger partial charge in [-0.3, -0.25) is 4.57 Å². The highest BCUT2D eigenvalue weighted by Crippen LogP contribution is 2.22. The Morgan fingerprint density at radius 3 is 2.41 bits per heavy atom. The van der Waals surface area contributed by atoms with Crippen LogP contribution in [0.1, 0.15) is 32.2 Å². The molecule has 0 saturated carbocycles. The molecule has 0 bridgehead atoms. The van der Waals surface area contributed by atoms with Gasteiger partial charge in [-0.15, -0.1) is 0 Å². The van der Waals surface area contributed by atoms with Crippen molar-refractivity contribution in [3.05, 3.63) is 26.3 Å². The standard InChI is InChI=1S/C12H19BrN2O2/c1-7-10(13)8(2)15(11(17)14-7)6-9(16)12(3,4)5/h9,16H,6H2,1-5H3. The average molecular weight is 303 g/mol. The third-order valence-electron chi connectivity index (χ3n) is 2.89. The van der Waals surface area contributed by atoms with E-state index in [4.69, 9.17) is 0 Å². The Hall–Kier alpha value is -0.680. The fraction of sp³-hybridized carbons (Fsp3) is 0.667. The number of hydrogen-bond acceptors (Lipinski definition) is 3. The van der Waals surface area contributed by atoms with Crippen LogP contribution in [0.4, 0.5) is 0 Å². The van der Waals surface area contributed by atoms with Gasteiger partial charge in [0, 0.05) is 5.69 Å². The zero-order valence-corrected chi connectivity index (χ0v) is 12.5. The highest BCUT2D eigenvalue weighted by Gasteiger charge is 2.24. The number of aliphatic hydroxyl groups excluding tert-OH is 1. The summed E-state index contributed by atoms with van der Waals surface area (Å²) in [5, 5.41) is 10.0. The maximum absolute atomic E-state index is 11.8. The predicted octanol–water partition coefficient (Wildman–Crippen LogP) is 2.03. The minimum absolute atomic E-state index is 0.261. The van der Waals surface area contributed by atoms with E-state index in [1.54, 1.807) is 6.92 Å². The first-order chi connectivity index (χ1) is 7.64. The van der Waals surface area contributed by atoms with Crippen molar-refractivity contribution in [3.8, 4) is 0 Å². The van der Waals surface area contributed by atoms with E-state index >= 15 is 0 Å². The fourth-order valence-corrected chi connectivity index (χ4v) is 1.74. The second kappa shape index (κ2) is 4.90. The molecule has 4 nitrogen and oxygen atoms in total. The number of aryl methyl sites for hydroxylation is 1. The first kappa shape index (κ1) is 14.4. The summed E-state index contributed by atoms with van der Waals surface area (Å²) in [6.45, 7) is 9.71. The Morgan fingerprint density at radius 1 is 1.41 bits per heavy atom. The molecule has 0 aliphatic heterocycles. The summed E-state index contributed by atoms with van der Waals surface area (Å²) in [6, 6.07) is 0. The molecule has 1 heterocycles. The summed E-state index contributed by atoms with van der Waals surface area (Å²) >= 11 is 3.40. The fourth-order valence-electron chi connectivity index (χ4n) is 1.44. The van der Waals surface area contributed by atoms with Crippen molar-refractivity contribution in [1.82, 2.24) is 9.55 Å². The molecule has 1 N–H and O–H groups in total. The lowest BCUT2D eigenvalue weighted by Crippen LogP contribution is -2.37. The van der Waals surface area contributed by atoms with Gasteiger partial charge in [-0.25, -0.2) is 4.79 Å². The van der Waals surface area contributed by atoms with Crippen LogP contribution in [0.2, 0.25) is 0 Å². The van der Waals surface area contributed by atoms with E-state index in [9.17, 15) is 9.90 Å². The molecule has 0 aromatic carbocycles. The molecule has 0 aliphatic rings. The quantitative estimate of drug-likeness (QED) is 0.909. The van der Waals surface area contributed by atoms with Crippen LogP contribution in [-0.2, 0) is 6.54 Å². The highest BCUT2D eigenvalue weighted by atomic mass is 79.9. The van der Waals surface area contributed by atoms with Crippen molar-refractivity contribution in [2.24, 2.45) is 5.41 Å². The smallest absolute Gasteiger partial charge is 0.348 e. The van der Waals surface area contributed by atoms with Crippen molar-refractivity contribution in [2.75, 3.05) is 0 Å². The van der Waals surface area contributed by atoms with Gasteiger partial charge in [0.05, 0.1) is 22.8 Å². The summed E-state index contributed by atoms with van der Waals surface area (Å²) in [4.78, 5) is 15.7. The van der Waals surface area contributed by atoms with Gasteiger partial charge in [0.2, 0.25) is 0 Å². The molecule has 96 valence electrons. The number of aromatic nitrogens is 2. The van der Waals surface area contributed by atoms with Gasteiger partial charge in [-0.05, 0) is 35.2 Å². The molecule has 1 rings (SSSR count). The minimum atomic E-state index is -0.588. The van der Waals surface area contributed by atoms with Crippen molar-refractivity contribution in [1.29, 1.82) is 0 Å². The molecule has 0 spiro atoms. The number of rotatable bonds is 2. The molecule has 0 aliphatic carbocycles. The van der Waals surface area contributed by atoms with Crippen LogP contribution in [0.25, 0.3) is 0 Å². The minimum Gasteiger partial charge on any atom is -0.391 e. The molecule has 1 atom stereocenters. The lowest BCUT2D eigenvalue weighted by molar-refractivity contribution is 0.0463. The average Bonchev–Trinajstić information content (AvgIpc) is 2.19. The Kier molecular flexibility index (Phi) is 4.15. The van der Waals surface area contributed by atoms with Gasteiger partial charge in [-0.2, -0.15) is 4.98 Å². The zero-order valence-electron chi connectivity index (χ0n) is 10.9. The van der Waals surface area contributed by atoms with Crippen LogP contribution in [-0.4, -0.2) is 20.8 Å². The zero-order chi connectivity index (χ0) is 13.4. The summed E-state index contributed by atoms with van der Waals surface area (Å²) in [5.74, 6) is 0. The topological polar surface area (TPSA) is 55.1 Å². The molecule has 17 heavy (non-hydrogen) atoms. The number of halogens is 1. The molecule has 1 aromatic rings. The molecule has 0 radical (unpaired) electrons. The van der Waals surface area contributed by atoms with Crippen molar-refractivity contribution >= 4 is 15.9 Å². The molecule has 0 saturated heterocycles. The van der Waals surface area contributed by atoms with Crippen LogP contribution in [0.15, 0.2) is 9.27 Å². The number of hydrogen-bond donors (Lipinski definition) is 1. The largest absolute Gasteiger partial charge is 0.391 e. The summed E-state index contributed by atoms with van der Waals surface area (Å²) in [5.41, 5.74) is 0.898. The maximum Gasteiger partial charge on any atom is 0.348 e.